The van der Waals surface area contributed by atoms with Crippen LogP contribution in [0.2, 0.25) is 0 Å². The number of carbonyl (C=O) groups excluding carboxylic acids is 4. The first-order valence-electron chi connectivity index (χ1n) is 10.2. The molecule has 1 unspecified atom stereocenters. The first-order valence-corrected chi connectivity index (χ1v) is 10.2. The summed E-state index contributed by atoms with van der Waals surface area (Å²) >= 11 is 0. The molecular weight excluding hydrogens is 396 g/mol. The Kier molecular flexibility index (Phi) is 5.93. The zero-order chi connectivity index (χ0) is 21.8. The number of rotatable bonds is 5. The van der Waals surface area contributed by atoms with Gasteiger partial charge < -0.3 is 9.64 Å². The van der Waals surface area contributed by atoms with Gasteiger partial charge in [0.15, 0.2) is 0 Å². The Morgan fingerprint density at radius 2 is 1.94 bits per heavy atom. The van der Waals surface area contributed by atoms with Gasteiger partial charge in [-0.2, -0.15) is 0 Å². The molecule has 1 N–H and O–H groups in total. The number of imide groups is 1. The summed E-state index contributed by atoms with van der Waals surface area (Å²) in [7, 11) is 0. The predicted molar refractivity (Wildman–Crippen MR) is 112 cm³/mol. The lowest BCUT2D eigenvalue weighted by Gasteiger charge is -2.24. The molecule has 7 heteroatoms. The number of carbonyl (C=O) groups is 4. The van der Waals surface area contributed by atoms with Gasteiger partial charge in [-0.15, -0.1) is 0 Å². The Labute approximate surface area is 179 Å². The number of benzene rings is 2. The van der Waals surface area contributed by atoms with Crippen molar-refractivity contribution in [3.8, 4) is 0 Å². The van der Waals surface area contributed by atoms with E-state index >= 15 is 0 Å². The van der Waals surface area contributed by atoms with E-state index in [2.05, 4.69) is 5.32 Å². The van der Waals surface area contributed by atoms with Gasteiger partial charge in [0.25, 0.3) is 5.91 Å². The average molecular weight is 418 g/mol. The highest BCUT2D eigenvalue weighted by Crippen LogP contribution is 2.28. The Bertz CT molecular complexity index is 1060. The van der Waals surface area contributed by atoms with Crippen molar-refractivity contribution in [3.05, 3.63) is 76.9 Å². The standard InChI is InChI=1S/C24H22N2O5/c27-21-8-4-7-20(23(29)25-21)26-14-18-13-16(9-11-19(18)24(26)30)10-12-22(28)31-15-17-5-2-1-3-6-17/h1-3,5-6,9-13,20H,4,7-8,14-15H2,(H,25,27,29). The van der Waals surface area contributed by atoms with Crippen molar-refractivity contribution in [3.63, 3.8) is 0 Å². The average Bonchev–Trinajstić information content (AvgIpc) is 2.99. The van der Waals surface area contributed by atoms with Crippen molar-refractivity contribution in [2.24, 2.45) is 0 Å². The van der Waals surface area contributed by atoms with Crippen LogP contribution in [0.5, 0.6) is 0 Å². The van der Waals surface area contributed by atoms with Crippen molar-refractivity contribution in [2.75, 3.05) is 0 Å². The number of ether oxygens (including phenoxy) is 1. The van der Waals surface area contributed by atoms with Crippen LogP contribution in [0.25, 0.3) is 6.08 Å². The van der Waals surface area contributed by atoms with E-state index in [-0.39, 0.29) is 24.8 Å². The van der Waals surface area contributed by atoms with Crippen LogP contribution in [-0.2, 0) is 32.3 Å². The van der Waals surface area contributed by atoms with Gasteiger partial charge in [0.2, 0.25) is 11.8 Å². The third-order valence-electron chi connectivity index (χ3n) is 5.42. The summed E-state index contributed by atoms with van der Waals surface area (Å²) in [5.41, 5.74) is 2.98. The molecule has 1 fully saturated rings. The van der Waals surface area contributed by atoms with E-state index < -0.39 is 17.9 Å². The zero-order valence-corrected chi connectivity index (χ0v) is 16.9. The summed E-state index contributed by atoms with van der Waals surface area (Å²) in [6, 6.07) is 14.0. The first-order chi connectivity index (χ1) is 15.0. The third-order valence-corrected chi connectivity index (χ3v) is 5.42. The highest BCUT2D eigenvalue weighted by molar-refractivity contribution is 6.04. The van der Waals surface area contributed by atoms with Crippen molar-refractivity contribution in [1.82, 2.24) is 10.2 Å². The molecule has 0 spiro atoms. The fourth-order valence-electron chi connectivity index (χ4n) is 3.83. The van der Waals surface area contributed by atoms with Gasteiger partial charge in [-0.05, 0) is 47.7 Å². The smallest absolute Gasteiger partial charge is 0.331 e. The van der Waals surface area contributed by atoms with Crippen LogP contribution >= 0.6 is 0 Å². The van der Waals surface area contributed by atoms with Crippen LogP contribution in [0.3, 0.4) is 0 Å². The third kappa shape index (κ3) is 4.71. The van der Waals surface area contributed by atoms with Crippen LogP contribution in [0, 0.1) is 0 Å². The minimum absolute atomic E-state index is 0.198. The minimum atomic E-state index is -0.654. The largest absolute Gasteiger partial charge is 0.458 e. The Morgan fingerprint density at radius 1 is 1.13 bits per heavy atom. The van der Waals surface area contributed by atoms with E-state index in [1.54, 1.807) is 18.2 Å². The van der Waals surface area contributed by atoms with Crippen LogP contribution in [0.15, 0.2) is 54.6 Å². The molecule has 7 nitrogen and oxygen atoms in total. The monoisotopic (exact) mass is 418 g/mol. The highest BCUT2D eigenvalue weighted by Gasteiger charge is 2.37. The van der Waals surface area contributed by atoms with E-state index in [1.807, 2.05) is 36.4 Å². The van der Waals surface area contributed by atoms with Gasteiger partial charge in [0, 0.05) is 24.6 Å². The molecule has 2 aliphatic heterocycles. The van der Waals surface area contributed by atoms with Crippen molar-refractivity contribution >= 4 is 29.8 Å². The number of hydrogen-bond acceptors (Lipinski definition) is 5. The fourth-order valence-corrected chi connectivity index (χ4v) is 3.83. The molecule has 2 aliphatic rings. The molecule has 0 bridgehead atoms. The maximum absolute atomic E-state index is 12.8. The van der Waals surface area contributed by atoms with Crippen molar-refractivity contribution in [2.45, 2.75) is 38.5 Å². The summed E-state index contributed by atoms with van der Waals surface area (Å²) < 4.78 is 5.23. The molecular formula is C24H22N2O5. The van der Waals surface area contributed by atoms with E-state index in [1.165, 1.54) is 11.0 Å². The second-order valence-corrected chi connectivity index (χ2v) is 7.60. The number of esters is 1. The molecule has 1 saturated heterocycles. The van der Waals surface area contributed by atoms with Crippen molar-refractivity contribution < 1.29 is 23.9 Å². The van der Waals surface area contributed by atoms with Gasteiger partial charge in [-0.3, -0.25) is 19.7 Å². The second kappa shape index (κ2) is 8.95. The lowest BCUT2D eigenvalue weighted by atomic mass is 10.1. The lowest BCUT2D eigenvalue weighted by molar-refractivity contribution is -0.139. The molecule has 3 amide bonds. The molecule has 2 aromatic rings. The van der Waals surface area contributed by atoms with Gasteiger partial charge in [0.05, 0.1) is 0 Å². The fraction of sp³-hybridized carbons (Fsp3) is 0.250. The molecule has 1 atom stereocenters. The Balaban J connectivity index is 1.41. The second-order valence-electron chi connectivity index (χ2n) is 7.60. The van der Waals surface area contributed by atoms with Crippen LogP contribution < -0.4 is 5.32 Å². The molecule has 0 saturated carbocycles. The van der Waals surface area contributed by atoms with Gasteiger partial charge >= 0.3 is 5.97 Å². The molecule has 0 radical (unpaired) electrons. The molecule has 2 aromatic carbocycles. The summed E-state index contributed by atoms with van der Waals surface area (Å²) in [6.45, 7) is 0.490. The quantitative estimate of drug-likeness (QED) is 0.458. The van der Waals surface area contributed by atoms with E-state index in [0.29, 0.717) is 24.9 Å². The van der Waals surface area contributed by atoms with Crippen LogP contribution in [-0.4, -0.2) is 34.6 Å². The Morgan fingerprint density at radius 3 is 2.74 bits per heavy atom. The predicted octanol–water partition coefficient (Wildman–Crippen LogP) is 2.59. The first kappa shape index (κ1) is 20.5. The number of nitrogens with zero attached hydrogens (tertiary/aromatic N) is 1. The SMILES string of the molecule is O=C1CCCC(N2Cc3cc(C=CC(=O)OCc4ccccc4)ccc3C2=O)C(=O)N1. The van der Waals surface area contributed by atoms with Gasteiger partial charge in [-0.25, -0.2) is 4.79 Å². The zero-order valence-electron chi connectivity index (χ0n) is 16.9. The highest BCUT2D eigenvalue weighted by atomic mass is 16.5. The summed E-state index contributed by atoms with van der Waals surface area (Å²) in [5.74, 6) is -1.41. The number of nitrogens with one attached hydrogen (secondary N) is 1. The normalized spacial score (nSPS) is 18.6. The molecule has 31 heavy (non-hydrogen) atoms. The molecule has 2 heterocycles. The molecule has 0 aromatic heterocycles. The van der Waals surface area contributed by atoms with Crippen LogP contribution in [0.1, 0.15) is 46.3 Å². The Hall–Kier alpha value is -3.74. The molecule has 4 rings (SSSR count). The van der Waals surface area contributed by atoms with Crippen molar-refractivity contribution in [1.29, 1.82) is 0 Å². The summed E-state index contributed by atoms with van der Waals surface area (Å²) in [6.07, 6.45) is 4.28. The minimum Gasteiger partial charge on any atom is -0.458 e. The van der Waals surface area contributed by atoms with E-state index in [9.17, 15) is 19.2 Å². The topological polar surface area (TPSA) is 92.8 Å². The number of fused-ring (bicyclic) bond motifs is 1. The number of amides is 3. The summed E-state index contributed by atoms with van der Waals surface area (Å²) in [5, 5.41) is 2.35. The maximum Gasteiger partial charge on any atom is 0.331 e. The van der Waals surface area contributed by atoms with Gasteiger partial charge in [-0.1, -0.05) is 36.4 Å². The van der Waals surface area contributed by atoms with Gasteiger partial charge in [0.1, 0.15) is 12.6 Å². The van der Waals surface area contributed by atoms with E-state index in [0.717, 1.165) is 16.7 Å². The maximum atomic E-state index is 12.8. The lowest BCUT2D eigenvalue weighted by Crippen LogP contribution is -2.46. The number of hydrogen-bond donors (Lipinski definition) is 1. The van der Waals surface area contributed by atoms with Crippen LogP contribution in [0.4, 0.5) is 0 Å². The van der Waals surface area contributed by atoms with E-state index in [4.69, 9.17) is 4.74 Å². The summed E-state index contributed by atoms with van der Waals surface area (Å²) in [4.78, 5) is 50.2. The molecule has 158 valence electrons. The molecule has 0 aliphatic carbocycles.